The SMILES string of the molecule is COc1ccc(-c2cnc3n2CCNC32CCN(C(=O)c3ccccc3)CC2)cc1. The monoisotopic (exact) mass is 402 g/mol. The van der Waals surface area contributed by atoms with Crippen molar-refractivity contribution in [2.24, 2.45) is 0 Å². The number of nitrogens with one attached hydrogen (secondary N) is 1. The van der Waals surface area contributed by atoms with Gasteiger partial charge in [-0.05, 0) is 49.2 Å². The maximum Gasteiger partial charge on any atom is 0.253 e. The molecule has 0 saturated carbocycles. The number of methoxy groups -OCH3 is 1. The smallest absolute Gasteiger partial charge is 0.253 e. The Labute approximate surface area is 176 Å². The number of nitrogens with zero attached hydrogens (tertiary/aromatic N) is 3. The standard InChI is InChI=1S/C24H26N4O2/c1-30-20-9-7-18(8-10-20)21-17-25-23-24(26-13-16-28(21)23)11-14-27(15-12-24)22(29)19-5-3-2-4-6-19/h2-10,17,26H,11-16H2,1H3. The van der Waals surface area contributed by atoms with E-state index in [4.69, 9.17) is 9.72 Å². The second kappa shape index (κ2) is 7.61. The van der Waals surface area contributed by atoms with Gasteiger partial charge in [0.05, 0.1) is 24.5 Å². The fourth-order valence-corrected chi connectivity index (χ4v) is 4.72. The molecule has 2 aromatic carbocycles. The first-order valence-corrected chi connectivity index (χ1v) is 10.5. The first-order chi connectivity index (χ1) is 14.7. The maximum absolute atomic E-state index is 12.8. The molecule has 6 heteroatoms. The summed E-state index contributed by atoms with van der Waals surface area (Å²) in [6, 6.07) is 17.7. The zero-order valence-corrected chi connectivity index (χ0v) is 17.2. The van der Waals surface area contributed by atoms with Gasteiger partial charge in [0.25, 0.3) is 5.91 Å². The van der Waals surface area contributed by atoms with Crippen LogP contribution in [0.5, 0.6) is 5.75 Å². The van der Waals surface area contributed by atoms with Crippen LogP contribution in [0.1, 0.15) is 29.0 Å². The third-order valence-corrected chi connectivity index (χ3v) is 6.39. The Morgan fingerprint density at radius 3 is 2.47 bits per heavy atom. The molecular formula is C24H26N4O2. The molecule has 1 amide bonds. The number of aromatic nitrogens is 2. The molecule has 2 aliphatic heterocycles. The Morgan fingerprint density at radius 2 is 1.77 bits per heavy atom. The van der Waals surface area contributed by atoms with E-state index >= 15 is 0 Å². The molecule has 1 spiro atoms. The number of carbonyl (C=O) groups excluding carboxylic acids is 1. The van der Waals surface area contributed by atoms with Crippen LogP contribution in [0.15, 0.2) is 60.8 Å². The van der Waals surface area contributed by atoms with Crippen molar-refractivity contribution in [1.29, 1.82) is 0 Å². The number of amides is 1. The van der Waals surface area contributed by atoms with Gasteiger partial charge in [0.1, 0.15) is 11.6 Å². The Bertz CT molecular complexity index is 1030. The number of rotatable bonds is 3. The molecular weight excluding hydrogens is 376 g/mol. The molecule has 3 heterocycles. The first kappa shape index (κ1) is 18.9. The lowest BCUT2D eigenvalue weighted by Crippen LogP contribution is -2.56. The minimum Gasteiger partial charge on any atom is -0.497 e. The van der Waals surface area contributed by atoms with Crippen LogP contribution in [-0.4, -0.2) is 47.1 Å². The predicted molar refractivity (Wildman–Crippen MR) is 115 cm³/mol. The van der Waals surface area contributed by atoms with Gasteiger partial charge in [-0.2, -0.15) is 0 Å². The molecule has 5 rings (SSSR count). The van der Waals surface area contributed by atoms with Crippen LogP contribution in [0, 0.1) is 0 Å². The van der Waals surface area contributed by atoms with Crippen LogP contribution in [0.25, 0.3) is 11.3 Å². The molecule has 0 bridgehead atoms. The topological polar surface area (TPSA) is 59.4 Å². The zero-order valence-electron chi connectivity index (χ0n) is 17.2. The fourth-order valence-electron chi connectivity index (χ4n) is 4.72. The summed E-state index contributed by atoms with van der Waals surface area (Å²) in [6.45, 7) is 3.25. The van der Waals surface area contributed by atoms with Gasteiger partial charge in [-0.3, -0.25) is 4.79 Å². The fraction of sp³-hybridized carbons (Fsp3) is 0.333. The largest absolute Gasteiger partial charge is 0.497 e. The van der Waals surface area contributed by atoms with Crippen molar-refractivity contribution >= 4 is 5.91 Å². The Hall–Kier alpha value is -3.12. The van der Waals surface area contributed by atoms with Crippen LogP contribution >= 0.6 is 0 Å². The highest BCUT2D eigenvalue weighted by Gasteiger charge is 2.42. The van der Waals surface area contributed by atoms with Crippen molar-refractivity contribution in [3.05, 3.63) is 72.2 Å². The number of carbonyl (C=O) groups is 1. The van der Waals surface area contributed by atoms with E-state index in [1.54, 1.807) is 7.11 Å². The molecule has 0 atom stereocenters. The molecule has 1 fully saturated rings. The van der Waals surface area contributed by atoms with Gasteiger partial charge >= 0.3 is 0 Å². The van der Waals surface area contributed by atoms with Gasteiger partial charge in [0.15, 0.2) is 0 Å². The quantitative estimate of drug-likeness (QED) is 0.730. The number of benzene rings is 2. The van der Waals surface area contributed by atoms with Crippen molar-refractivity contribution in [3.63, 3.8) is 0 Å². The number of piperidine rings is 1. The molecule has 1 aromatic heterocycles. The number of hydrogen-bond donors (Lipinski definition) is 1. The molecule has 6 nitrogen and oxygen atoms in total. The summed E-state index contributed by atoms with van der Waals surface area (Å²) in [4.78, 5) is 19.6. The summed E-state index contributed by atoms with van der Waals surface area (Å²) >= 11 is 0. The van der Waals surface area contributed by atoms with E-state index < -0.39 is 0 Å². The predicted octanol–water partition coefficient (Wildman–Crippen LogP) is 3.29. The van der Waals surface area contributed by atoms with Crippen molar-refractivity contribution in [2.75, 3.05) is 26.7 Å². The lowest BCUT2D eigenvalue weighted by molar-refractivity contribution is 0.0607. The molecule has 30 heavy (non-hydrogen) atoms. The number of fused-ring (bicyclic) bond motifs is 2. The molecule has 2 aliphatic rings. The van der Waals surface area contributed by atoms with Gasteiger partial charge in [0, 0.05) is 37.3 Å². The minimum atomic E-state index is -0.170. The Morgan fingerprint density at radius 1 is 1.03 bits per heavy atom. The van der Waals surface area contributed by atoms with E-state index in [9.17, 15) is 4.79 Å². The van der Waals surface area contributed by atoms with Crippen LogP contribution in [0.4, 0.5) is 0 Å². The number of ether oxygens (including phenoxy) is 1. The van der Waals surface area contributed by atoms with Crippen molar-refractivity contribution in [2.45, 2.75) is 24.9 Å². The zero-order chi connectivity index (χ0) is 20.6. The lowest BCUT2D eigenvalue weighted by atomic mass is 9.85. The minimum absolute atomic E-state index is 0.114. The molecule has 1 saturated heterocycles. The summed E-state index contributed by atoms with van der Waals surface area (Å²) in [7, 11) is 1.68. The van der Waals surface area contributed by atoms with Crippen LogP contribution in [0.2, 0.25) is 0 Å². The molecule has 0 radical (unpaired) electrons. The van der Waals surface area contributed by atoms with Crippen LogP contribution < -0.4 is 10.1 Å². The Balaban J connectivity index is 1.38. The molecule has 3 aromatic rings. The van der Waals surface area contributed by atoms with E-state index in [2.05, 4.69) is 22.0 Å². The third-order valence-electron chi connectivity index (χ3n) is 6.39. The van der Waals surface area contributed by atoms with Crippen LogP contribution in [0.3, 0.4) is 0 Å². The highest BCUT2D eigenvalue weighted by Crippen LogP contribution is 2.37. The summed E-state index contributed by atoms with van der Waals surface area (Å²) in [6.07, 6.45) is 3.71. The van der Waals surface area contributed by atoms with Crippen LogP contribution in [-0.2, 0) is 12.1 Å². The van der Waals surface area contributed by atoms with Gasteiger partial charge in [0.2, 0.25) is 0 Å². The number of imidazole rings is 1. The van der Waals surface area contributed by atoms with Gasteiger partial charge in [-0.1, -0.05) is 18.2 Å². The van der Waals surface area contributed by atoms with E-state index in [1.807, 2.05) is 53.6 Å². The molecule has 0 unspecified atom stereocenters. The van der Waals surface area contributed by atoms with Crippen molar-refractivity contribution in [3.8, 4) is 17.0 Å². The highest BCUT2D eigenvalue weighted by molar-refractivity contribution is 5.94. The summed E-state index contributed by atoms with van der Waals surface area (Å²) in [5.74, 6) is 2.06. The molecule has 1 N–H and O–H groups in total. The summed E-state index contributed by atoms with van der Waals surface area (Å²) in [5.41, 5.74) is 2.86. The van der Waals surface area contributed by atoms with E-state index in [1.165, 1.54) is 0 Å². The molecule has 154 valence electrons. The summed E-state index contributed by atoms with van der Waals surface area (Å²) in [5, 5.41) is 3.73. The average molecular weight is 402 g/mol. The molecule has 0 aliphatic carbocycles. The normalized spacial score (nSPS) is 17.6. The first-order valence-electron chi connectivity index (χ1n) is 10.5. The third kappa shape index (κ3) is 3.17. The highest BCUT2D eigenvalue weighted by atomic mass is 16.5. The lowest BCUT2D eigenvalue weighted by Gasteiger charge is -2.44. The van der Waals surface area contributed by atoms with Crippen molar-refractivity contribution in [1.82, 2.24) is 19.8 Å². The Kier molecular flexibility index (Phi) is 4.79. The maximum atomic E-state index is 12.8. The second-order valence-electron chi connectivity index (χ2n) is 8.01. The second-order valence-corrected chi connectivity index (χ2v) is 8.01. The number of hydrogen-bond acceptors (Lipinski definition) is 4. The summed E-state index contributed by atoms with van der Waals surface area (Å²) < 4.78 is 7.63. The van der Waals surface area contributed by atoms with Gasteiger partial charge in [-0.15, -0.1) is 0 Å². The van der Waals surface area contributed by atoms with E-state index in [0.29, 0.717) is 0 Å². The van der Waals surface area contributed by atoms with E-state index in [0.717, 1.165) is 67.4 Å². The number of likely N-dealkylation sites (tertiary alicyclic amines) is 1. The van der Waals surface area contributed by atoms with E-state index in [-0.39, 0.29) is 11.4 Å². The van der Waals surface area contributed by atoms with Gasteiger partial charge < -0.3 is 19.5 Å². The van der Waals surface area contributed by atoms with Crippen molar-refractivity contribution < 1.29 is 9.53 Å². The van der Waals surface area contributed by atoms with Gasteiger partial charge in [-0.25, -0.2) is 4.98 Å². The average Bonchev–Trinajstić information content (AvgIpc) is 3.26.